The molecular weight excluding hydrogens is 684 g/mol. The van der Waals surface area contributed by atoms with E-state index in [4.69, 9.17) is 14.2 Å². The van der Waals surface area contributed by atoms with Crippen molar-refractivity contribution in [2.75, 3.05) is 19.7 Å². The minimum atomic E-state index is -2.77. The minimum absolute atomic E-state index is 0.0165. The molecule has 3 aromatic carbocycles. The summed E-state index contributed by atoms with van der Waals surface area (Å²) < 4.78 is 17.4. The van der Waals surface area contributed by atoms with Crippen LogP contribution in [0.5, 0.6) is 17.2 Å². The molecule has 0 aliphatic carbocycles. The van der Waals surface area contributed by atoms with Gasteiger partial charge in [0.15, 0.2) is 11.7 Å². The summed E-state index contributed by atoms with van der Waals surface area (Å²) >= 11 is 0. The van der Waals surface area contributed by atoms with Crippen molar-refractivity contribution in [1.29, 1.82) is 0 Å². The third kappa shape index (κ3) is 8.31. The summed E-state index contributed by atoms with van der Waals surface area (Å²) in [5.41, 5.74) is 0.735. The molecule has 6 rings (SSSR count). The normalized spacial score (nSPS) is 25.7. The van der Waals surface area contributed by atoms with Gasteiger partial charge in [0, 0.05) is 24.4 Å². The molecule has 0 bridgehead atoms. The number of allylic oxidation sites excluding steroid dienone is 2. The van der Waals surface area contributed by atoms with Crippen molar-refractivity contribution < 1.29 is 54.8 Å². The van der Waals surface area contributed by atoms with Crippen molar-refractivity contribution in [2.24, 2.45) is 16.8 Å². The molecule has 280 valence electrons. The van der Waals surface area contributed by atoms with E-state index in [1.54, 1.807) is 18.3 Å². The summed E-state index contributed by atoms with van der Waals surface area (Å²) in [7, 11) is 0. The number of benzene rings is 3. The molecule has 0 spiro atoms. The highest BCUT2D eigenvalue weighted by Gasteiger charge is 2.62. The molecule has 1 saturated heterocycles. The molecule has 3 heterocycles. The SMILES string of the molecule is C[C@H](C/C=C/c1ccccc1)[C@H](CN[C@H](O)[C@]1(O)[C@H](Oc2ccc3c(c2)OCC(c2ccc(O)cc2)=C3O)O[C@H](C(=O)O)[C@@H](O)[C@@H]1O)CC1=CCN=C1. The number of nitrogens with zero attached hydrogens (tertiary/aromatic N) is 1. The van der Waals surface area contributed by atoms with Crippen LogP contribution in [-0.2, 0) is 9.53 Å². The van der Waals surface area contributed by atoms with Gasteiger partial charge < -0.3 is 50.0 Å². The zero-order valence-electron chi connectivity index (χ0n) is 29.0. The molecule has 3 aromatic rings. The summed E-state index contributed by atoms with van der Waals surface area (Å²) in [6.07, 6.45) is -1.10. The third-order valence-corrected chi connectivity index (χ3v) is 9.97. The number of aromatic hydroxyl groups is 1. The topological polar surface area (TPSA) is 211 Å². The number of rotatable bonds is 14. The van der Waals surface area contributed by atoms with Crippen LogP contribution in [0.3, 0.4) is 0 Å². The number of phenolic OH excluding ortho intramolecular Hbond substituents is 1. The van der Waals surface area contributed by atoms with E-state index in [1.807, 2.05) is 42.5 Å². The number of aliphatic carboxylic acids is 1. The Hall–Kier alpha value is -5.02. The van der Waals surface area contributed by atoms with Crippen molar-refractivity contribution in [2.45, 2.75) is 56.2 Å². The molecular formula is C40H44N2O11. The number of phenols is 1. The number of carboxylic acid groups (broad SMARTS) is 1. The fraction of sp³-hybridized carbons (Fsp3) is 0.350. The van der Waals surface area contributed by atoms with Crippen LogP contribution < -0.4 is 14.8 Å². The number of ether oxygens (including phenoxy) is 3. The lowest BCUT2D eigenvalue weighted by Gasteiger charge is -2.48. The summed E-state index contributed by atoms with van der Waals surface area (Å²) in [6.45, 7) is 2.76. The molecule has 3 aliphatic heterocycles. The maximum atomic E-state index is 12.0. The van der Waals surface area contributed by atoms with Gasteiger partial charge in [-0.1, -0.05) is 67.6 Å². The molecule has 0 saturated carbocycles. The van der Waals surface area contributed by atoms with Crippen LogP contribution >= 0.6 is 0 Å². The van der Waals surface area contributed by atoms with Crippen molar-refractivity contribution in [3.63, 3.8) is 0 Å². The summed E-state index contributed by atoms with van der Waals surface area (Å²) in [5.74, 6) is -1.46. The highest BCUT2D eigenvalue weighted by atomic mass is 16.7. The number of aliphatic hydroxyl groups excluding tert-OH is 4. The van der Waals surface area contributed by atoms with Crippen LogP contribution in [0.2, 0.25) is 0 Å². The lowest BCUT2D eigenvalue weighted by atomic mass is 9.83. The Kier molecular flexibility index (Phi) is 11.6. The molecule has 13 nitrogen and oxygen atoms in total. The van der Waals surface area contributed by atoms with Gasteiger partial charge in [-0.15, -0.1) is 0 Å². The Bertz CT molecular complexity index is 1880. The number of carbonyl (C=O) groups is 1. The molecule has 3 aliphatic rings. The van der Waals surface area contributed by atoms with Crippen molar-refractivity contribution in [1.82, 2.24) is 5.32 Å². The average Bonchev–Trinajstić information content (AvgIpc) is 3.67. The highest BCUT2D eigenvalue weighted by molar-refractivity contribution is 5.91. The summed E-state index contributed by atoms with van der Waals surface area (Å²) in [6, 6.07) is 20.4. The third-order valence-electron chi connectivity index (χ3n) is 9.97. The number of carboxylic acids is 1. The van der Waals surface area contributed by atoms with Crippen LogP contribution in [0.1, 0.15) is 36.5 Å². The monoisotopic (exact) mass is 728 g/mol. The first-order chi connectivity index (χ1) is 25.4. The number of nitrogens with one attached hydrogen (secondary N) is 1. The molecule has 53 heavy (non-hydrogen) atoms. The predicted octanol–water partition coefficient (Wildman–Crippen LogP) is 3.52. The molecule has 0 aromatic heterocycles. The second-order valence-electron chi connectivity index (χ2n) is 13.6. The number of hydrogen-bond donors (Lipinski definition) is 8. The van der Waals surface area contributed by atoms with Gasteiger partial charge in [-0.05, 0) is 65.6 Å². The standard InChI is InChI=1S/C40H44N2O11/c1-23(6-5-9-24-7-3-2-4-8-24)27(18-25-16-17-41-20-25)21-42-38(49)40(50)36(46)34(45)35(37(47)48)53-39(40)52-29-14-15-30-32(19-29)51-22-31(33(30)44)26-10-12-28(43)13-11-26/h2-5,7-16,19-20,23,27,34-36,38-39,42-46,49-50H,6,17-18,21-22H2,1H3,(H,47,48)/b9-5+/t23-,27+,34-,35+,36+,38-,39-,40+/m1/s1. The largest absolute Gasteiger partial charge is 0.508 e. The van der Waals surface area contributed by atoms with Gasteiger partial charge in [0.1, 0.15) is 48.1 Å². The van der Waals surface area contributed by atoms with Gasteiger partial charge in [-0.2, -0.15) is 0 Å². The van der Waals surface area contributed by atoms with E-state index in [0.29, 0.717) is 36.1 Å². The van der Waals surface area contributed by atoms with Gasteiger partial charge in [0.2, 0.25) is 6.29 Å². The Morgan fingerprint density at radius 3 is 2.55 bits per heavy atom. The Morgan fingerprint density at radius 1 is 1.09 bits per heavy atom. The Labute approximate surface area is 306 Å². The fourth-order valence-corrected chi connectivity index (χ4v) is 6.70. The number of fused-ring (bicyclic) bond motifs is 1. The van der Waals surface area contributed by atoms with Crippen LogP contribution in [-0.4, -0.2) is 104 Å². The lowest BCUT2D eigenvalue weighted by Crippen LogP contribution is -2.75. The van der Waals surface area contributed by atoms with E-state index in [0.717, 1.165) is 11.1 Å². The lowest BCUT2D eigenvalue weighted by molar-refractivity contribution is -0.338. The van der Waals surface area contributed by atoms with Gasteiger partial charge >= 0.3 is 5.97 Å². The van der Waals surface area contributed by atoms with Gasteiger partial charge in [0.05, 0.1) is 12.1 Å². The van der Waals surface area contributed by atoms with E-state index < -0.39 is 42.4 Å². The van der Waals surface area contributed by atoms with E-state index in [1.165, 1.54) is 30.3 Å². The van der Waals surface area contributed by atoms with Crippen molar-refractivity contribution in [3.8, 4) is 17.2 Å². The summed E-state index contributed by atoms with van der Waals surface area (Å²) in [5, 5.41) is 78.8. The Balaban J connectivity index is 1.21. The smallest absolute Gasteiger partial charge is 0.335 e. The van der Waals surface area contributed by atoms with Gasteiger partial charge in [0.25, 0.3) is 0 Å². The van der Waals surface area contributed by atoms with Crippen LogP contribution in [0.4, 0.5) is 0 Å². The quantitative estimate of drug-likeness (QED) is 0.112. The maximum Gasteiger partial charge on any atom is 0.335 e. The molecule has 0 unspecified atom stereocenters. The van der Waals surface area contributed by atoms with E-state index in [2.05, 4.69) is 23.3 Å². The van der Waals surface area contributed by atoms with Gasteiger partial charge in [-0.3, -0.25) is 10.3 Å². The average molecular weight is 729 g/mol. The predicted molar refractivity (Wildman–Crippen MR) is 196 cm³/mol. The van der Waals surface area contributed by atoms with E-state index >= 15 is 0 Å². The second-order valence-corrected chi connectivity index (χ2v) is 13.6. The van der Waals surface area contributed by atoms with Crippen molar-refractivity contribution in [3.05, 3.63) is 107 Å². The minimum Gasteiger partial charge on any atom is -0.508 e. The molecule has 1 fully saturated rings. The number of aliphatic hydroxyl groups is 5. The fourth-order valence-electron chi connectivity index (χ4n) is 6.70. The zero-order chi connectivity index (χ0) is 37.7. The maximum absolute atomic E-state index is 12.0. The van der Waals surface area contributed by atoms with Crippen LogP contribution in [0.15, 0.2) is 95.5 Å². The molecule has 8 N–H and O–H groups in total. The zero-order valence-corrected chi connectivity index (χ0v) is 29.0. The summed E-state index contributed by atoms with van der Waals surface area (Å²) in [4.78, 5) is 16.3. The molecule has 0 radical (unpaired) electrons. The number of aliphatic imine (C=N–C) groups is 1. The van der Waals surface area contributed by atoms with E-state index in [9.17, 15) is 40.5 Å². The first-order valence-electron chi connectivity index (χ1n) is 17.4. The van der Waals surface area contributed by atoms with Gasteiger partial charge in [-0.25, -0.2) is 4.79 Å². The Morgan fingerprint density at radius 2 is 1.85 bits per heavy atom. The van der Waals surface area contributed by atoms with Crippen LogP contribution in [0, 0.1) is 11.8 Å². The first kappa shape index (κ1) is 37.7. The highest BCUT2D eigenvalue weighted by Crippen LogP contribution is 2.40. The molecule has 0 amide bonds. The van der Waals surface area contributed by atoms with Crippen LogP contribution in [0.25, 0.3) is 17.4 Å². The molecule has 8 atom stereocenters. The second kappa shape index (κ2) is 16.3. The first-order valence-corrected chi connectivity index (χ1v) is 17.4. The molecule has 13 heteroatoms. The van der Waals surface area contributed by atoms with Crippen molar-refractivity contribution >= 4 is 29.6 Å². The number of hydrogen-bond acceptors (Lipinski definition) is 12. The van der Waals surface area contributed by atoms with E-state index in [-0.39, 0.29) is 48.0 Å².